The molecular weight excluding hydrogens is 330 g/mol. The Morgan fingerprint density at radius 1 is 1.08 bits per heavy atom. The molecular formula is C20H17N3O3. The number of nitrogens with one attached hydrogen (secondary N) is 2. The normalized spacial score (nSPS) is 10.8. The second-order valence-electron chi connectivity index (χ2n) is 5.65. The van der Waals surface area contributed by atoms with Gasteiger partial charge >= 0.3 is 0 Å². The molecule has 3 rings (SSSR count). The van der Waals surface area contributed by atoms with Crippen LogP contribution in [0.1, 0.15) is 21.5 Å². The summed E-state index contributed by atoms with van der Waals surface area (Å²) >= 11 is 0. The van der Waals surface area contributed by atoms with Crippen LogP contribution in [0, 0.1) is 0 Å². The smallest absolute Gasteiger partial charge is 0.267 e. The third-order valence-electron chi connectivity index (χ3n) is 3.82. The molecule has 0 saturated carbocycles. The van der Waals surface area contributed by atoms with Crippen molar-refractivity contribution < 1.29 is 14.8 Å². The molecule has 2 amide bonds. The lowest BCUT2D eigenvalue weighted by Crippen LogP contribution is -2.22. The Morgan fingerprint density at radius 3 is 2.62 bits per heavy atom. The number of amides is 2. The van der Waals surface area contributed by atoms with Crippen LogP contribution in [0.3, 0.4) is 0 Å². The van der Waals surface area contributed by atoms with E-state index in [0.29, 0.717) is 12.1 Å². The van der Waals surface area contributed by atoms with Crippen molar-refractivity contribution in [3.63, 3.8) is 0 Å². The maximum atomic E-state index is 12.3. The lowest BCUT2D eigenvalue weighted by Gasteiger charge is -2.06. The number of benzene rings is 2. The topological polar surface area (TPSA) is 91.3 Å². The van der Waals surface area contributed by atoms with Crippen molar-refractivity contribution in [3.8, 4) is 0 Å². The molecule has 2 aromatic carbocycles. The summed E-state index contributed by atoms with van der Waals surface area (Å²) in [6.45, 7) is 0.382. The minimum absolute atomic E-state index is 0.188. The Balaban J connectivity index is 1.61. The summed E-state index contributed by atoms with van der Waals surface area (Å²) in [6.07, 6.45) is 4.37. The summed E-state index contributed by atoms with van der Waals surface area (Å²) in [5, 5.41) is 12.2. The maximum Gasteiger partial charge on any atom is 0.267 e. The van der Waals surface area contributed by atoms with E-state index in [4.69, 9.17) is 5.21 Å². The zero-order valence-electron chi connectivity index (χ0n) is 13.8. The molecule has 0 aliphatic carbocycles. The van der Waals surface area contributed by atoms with Gasteiger partial charge in [-0.1, -0.05) is 42.5 Å². The van der Waals surface area contributed by atoms with Gasteiger partial charge in [-0.3, -0.25) is 19.8 Å². The highest BCUT2D eigenvalue weighted by Crippen LogP contribution is 2.13. The van der Waals surface area contributed by atoms with E-state index in [9.17, 15) is 9.59 Å². The molecule has 6 heteroatoms. The number of fused-ring (bicyclic) bond motifs is 1. The lowest BCUT2D eigenvalue weighted by atomic mass is 10.1. The van der Waals surface area contributed by atoms with Crippen molar-refractivity contribution in [1.82, 2.24) is 15.8 Å². The van der Waals surface area contributed by atoms with Crippen LogP contribution in [0.15, 0.2) is 66.9 Å². The van der Waals surface area contributed by atoms with Gasteiger partial charge < -0.3 is 5.32 Å². The van der Waals surface area contributed by atoms with Crippen molar-refractivity contribution in [2.45, 2.75) is 6.54 Å². The largest absolute Gasteiger partial charge is 0.348 e. The predicted molar refractivity (Wildman–Crippen MR) is 98.3 cm³/mol. The number of rotatable bonds is 5. The number of carbonyl (C=O) groups excluding carboxylic acids is 2. The van der Waals surface area contributed by atoms with Crippen LogP contribution in [0.2, 0.25) is 0 Å². The quantitative estimate of drug-likeness (QED) is 0.376. The van der Waals surface area contributed by atoms with E-state index < -0.39 is 5.91 Å². The van der Waals surface area contributed by atoms with Crippen molar-refractivity contribution >= 4 is 28.8 Å². The van der Waals surface area contributed by atoms with Gasteiger partial charge in [-0.05, 0) is 29.3 Å². The fourth-order valence-electron chi connectivity index (χ4n) is 2.44. The first-order chi connectivity index (χ1) is 12.7. The van der Waals surface area contributed by atoms with Gasteiger partial charge in [-0.15, -0.1) is 0 Å². The molecule has 0 saturated heterocycles. The Kier molecular flexibility index (Phi) is 5.36. The minimum Gasteiger partial charge on any atom is -0.348 e. The standard InChI is InChI=1S/C20H17N3O3/c24-19(23-26)10-9-14-5-7-15(8-6-14)12-22-20(25)17-11-16-3-1-2-4-18(16)21-13-17/h1-11,13,26H,12H2,(H,22,25)(H,23,24)/b10-9+. The molecule has 26 heavy (non-hydrogen) atoms. The predicted octanol–water partition coefficient (Wildman–Crippen LogP) is 2.68. The van der Waals surface area contributed by atoms with Gasteiger partial charge in [0.15, 0.2) is 0 Å². The van der Waals surface area contributed by atoms with Crippen molar-refractivity contribution in [3.05, 3.63) is 83.6 Å². The van der Waals surface area contributed by atoms with Crippen LogP contribution in [0.5, 0.6) is 0 Å². The molecule has 6 nitrogen and oxygen atoms in total. The second-order valence-corrected chi connectivity index (χ2v) is 5.65. The summed E-state index contributed by atoms with van der Waals surface area (Å²) in [5.41, 5.74) is 4.62. The molecule has 0 radical (unpaired) electrons. The lowest BCUT2D eigenvalue weighted by molar-refractivity contribution is -0.124. The summed E-state index contributed by atoms with van der Waals surface area (Å²) in [7, 11) is 0. The average molecular weight is 347 g/mol. The SMILES string of the molecule is O=C(/C=C/c1ccc(CNC(=O)c2cnc3ccccc3c2)cc1)NO. The molecule has 1 heterocycles. The van der Waals surface area contributed by atoms with Gasteiger partial charge in [0.1, 0.15) is 0 Å². The van der Waals surface area contributed by atoms with E-state index in [1.165, 1.54) is 11.6 Å². The number of hydroxylamine groups is 1. The minimum atomic E-state index is -0.592. The Morgan fingerprint density at radius 2 is 1.85 bits per heavy atom. The van der Waals surface area contributed by atoms with Crippen molar-refractivity contribution in [2.75, 3.05) is 0 Å². The summed E-state index contributed by atoms with van der Waals surface area (Å²) in [5.74, 6) is -0.780. The van der Waals surface area contributed by atoms with Crippen LogP contribution in [0.25, 0.3) is 17.0 Å². The van der Waals surface area contributed by atoms with E-state index in [1.807, 2.05) is 54.6 Å². The highest BCUT2D eigenvalue weighted by Gasteiger charge is 2.07. The van der Waals surface area contributed by atoms with Gasteiger partial charge in [0.05, 0.1) is 11.1 Å². The molecule has 0 atom stereocenters. The van der Waals surface area contributed by atoms with Gasteiger partial charge in [-0.2, -0.15) is 0 Å². The molecule has 0 bridgehead atoms. The summed E-state index contributed by atoms with van der Waals surface area (Å²) in [6, 6.07) is 16.8. The highest BCUT2D eigenvalue weighted by atomic mass is 16.5. The van der Waals surface area contributed by atoms with E-state index in [0.717, 1.165) is 22.0 Å². The summed E-state index contributed by atoms with van der Waals surface area (Å²) < 4.78 is 0. The van der Waals surface area contributed by atoms with Crippen LogP contribution in [-0.2, 0) is 11.3 Å². The number of pyridine rings is 1. The molecule has 3 aromatic rings. The van der Waals surface area contributed by atoms with Crippen LogP contribution in [0.4, 0.5) is 0 Å². The van der Waals surface area contributed by atoms with Gasteiger partial charge in [-0.25, -0.2) is 5.48 Å². The van der Waals surface area contributed by atoms with E-state index in [1.54, 1.807) is 12.3 Å². The zero-order valence-corrected chi connectivity index (χ0v) is 13.8. The fraction of sp³-hybridized carbons (Fsp3) is 0.0500. The number of aromatic nitrogens is 1. The molecule has 0 fully saturated rings. The second kappa shape index (κ2) is 8.04. The molecule has 0 aliphatic heterocycles. The van der Waals surface area contributed by atoms with Gasteiger partial charge in [0, 0.05) is 24.2 Å². The number of carbonyl (C=O) groups is 2. The zero-order chi connectivity index (χ0) is 18.4. The van der Waals surface area contributed by atoms with E-state index in [-0.39, 0.29) is 5.91 Å². The third kappa shape index (κ3) is 4.31. The van der Waals surface area contributed by atoms with E-state index in [2.05, 4.69) is 10.3 Å². The fourth-order valence-corrected chi connectivity index (χ4v) is 2.44. The molecule has 0 unspecified atom stereocenters. The van der Waals surface area contributed by atoms with Crippen molar-refractivity contribution in [1.29, 1.82) is 0 Å². The van der Waals surface area contributed by atoms with Crippen LogP contribution in [-0.4, -0.2) is 22.0 Å². The number of nitrogens with zero attached hydrogens (tertiary/aromatic N) is 1. The first-order valence-electron chi connectivity index (χ1n) is 8.00. The molecule has 130 valence electrons. The average Bonchev–Trinajstić information content (AvgIpc) is 2.70. The van der Waals surface area contributed by atoms with Crippen LogP contribution >= 0.6 is 0 Å². The van der Waals surface area contributed by atoms with Gasteiger partial charge in [0.25, 0.3) is 11.8 Å². The Bertz CT molecular complexity index is 965. The molecule has 0 aliphatic rings. The Labute approximate surface area is 150 Å². The molecule has 1 aromatic heterocycles. The third-order valence-corrected chi connectivity index (χ3v) is 3.82. The number of hydrogen-bond acceptors (Lipinski definition) is 4. The molecule has 0 spiro atoms. The number of para-hydroxylation sites is 1. The Hall–Kier alpha value is -3.51. The maximum absolute atomic E-state index is 12.3. The monoisotopic (exact) mass is 347 g/mol. The molecule has 3 N–H and O–H groups in total. The highest BCUT2D eigenvalue weighted by molar-refractivity contribution is 5.97. The van der Waals surface area contributed by atoms with Gasteiger partial charge in [0.2, 0.25) is 0 Å². The first-order valence-corrected chi connectivity index (χ1v) is 8.00. The van der Waals surface area contributed by atoms with E-state index >= 15 is 0 Å². The number of hydrogen-bond donors (Lipinski definition) is 3. The van der Waals surface area contributed by atoms with Crippen LogP contribution < -0.4 is 10.8 Å². The van der Waals surface area contributed by atoms with Crippen molar-refractivity contribution in [2.24, 2.45) is 0 Å². The first kappa shape index (κ1) is 17.3. The summed E-state index contributed by atoms with van der Waals surface area (Å²) in [4.78, 5) is 27.5.